The minimum atomic E-state index is -3.43. The number of rotatable bonds is 7. The molecule has 1 heterocycles. The standard InChI is InChI=1S/C15H20N4O3S/c1-12-4-6-13(7-5-12)14-8-9-15(18-17-14)22-11-10-16-23(20,21)19(2)3/h4-9,16H,10-11H2,1-3H3. The number of benzene rings is 1. The fraction of sp³-hybridized carbons (Fsp3) is 0.333. The molecule has 2 aromatic rings. The van der Waals surface area contributed by atoms with E-state index in [1.807, 2.05) is 37.3 Å². The molecule has 0 spiro atoms. The highest BCUT2D eigenvalue weighted by Crippen LogP contribution is 2.18. The van der Waals surface area contributed by atoms with Crippen LogP contribution in [0.5, 0.6) is 5.88 Å². The summed E-state index contributed by atoms with van der Waals surface area (Å²) in [5, 5.41) is 8.10. The Hall–Kier alpha value is -2.03. The van der Waals surface area contributed by atoms with Gasteiger partial charge in [-0.15, -0.1) is 10.2 Å². The number of hydrogen-bond acceptors (Lipinski definition) is 5. The van der Waals surface area contributed by atoms with E-state index in [1.165, 1.54) is 19.7 Å². The number of ether oxygens (including phenoxy) is 1. The van der Waals surface area contributed by atoms with E-state index in [-0.39, 0.29) is 13.2 Å². The molecule has 0 aliphatic carbocycles. The molecule has 0 amide bonds. The van der Waals surface area contributed by atoms with E-state index >= 15 is 0 Å². The summed E-state index contributed by atoms with van der Waals surface area (Å²) >= 11 is 0. The van der Waals surface area contributed by atoms with Gasteiger partial charge in [-0.05, 0) is 13.0 Å². The lowest BCUT2D eigenvalue weighted by Crippen LogP contribution is -2.37. The average molecular weight is 336 g/mol. The highest BCUT2D eigenvalue weighted by atomic mass is 32.2. The van der Waals surface area contributed by atoms with E-state index in [2.05, 4.69) is 14.9 Å². The van der Waals surface area contributed by atoms with Crippen molar-refractivity contribution in [2.75, 3.05) is 27.2 Å². The normalized spacial score (nSPS) is 11.7. The molecule has 1 N–H and O–H groups in total. The molecule has 0 saturated carbocycles. The van der Waals surface area contributed by atoms with E-state index in [0.29, 0.717) is 5.88 Å². The second kappa shape index (κ2) is 7.49. The summed E-state index contributed by atoms with van der Waals surface area (Å²) in [6.45, 7) is 2.35. The van der Waals surface area contributed by atoms with E-state index in [9.17, 15) is 8.42 Å². The summed E-state index contributed by atoms with van der Waals surface area (Å²) in [5.74, 6) is 0.352. The van der Waals surface area contributed by atoms with Crippen molar-refractivity contribution in [2.45, 2.75) is 6.92 Å². The van der Waals surface area contributed by atoms with Gasteiger partial charge in [-0.3, -0.25) is 0 Å². The summed E-state index contributed by atoms with van der Waals surface area (Å²) in [7, 11) is -0.518. The lowest BCUT2D eigenvalue weighted by molar-refractivity contribution is 0.306. The van der Waals surface area contributed by atoms with Crippen LogP contribution in [-0.2, 0) is 10.2 Å². The Labute approximate surface area is 136 Å². The maximum Gasteiger partial charge on any atom is 0.279 e. The van der Waals surface area contributed by atoms with Gasteiger partial charge >= 0.3 is 0 Å². The predicted molar refractivity (Wildman–Crippen MR) is 88.3 cm³/mol. The van der Waals surface area contributed by atoms with Crippen molar-refractivity contribution in [2.24, 2.45) is 0 Å². The Balaban J connectivity index is 1.87. The number of nitrogens with one attached hydrogen (secondary N) is 1. The van der Waals surface area contributed by atoms with Crippen molar-refractivity contribution in [3.05, 3.63) is 42.0 Å². The van der Waals surface area contributed by atoms with Gasteiger partial charge in [-0.1, -0.05) is 29.8 Å². The van der Waals surface area contributed by atoms with Gasteiger partial charge in [-0.2, -0.15) is 17.4 Å². The molecule has 1 aromatic carbocycles. The van der Waals surface area contributed by atoms with Crippen LogP contribution in [0.15, 0.2) is 36.4 Å². The third-order valence-electron chi connectivity index (χ3n) is 3.10. The Bertz CT molecular complexity index is 728. The van der Waals surface area contributed by atoms with Crippen molar-refractivity contribution < 1.29 is 13.2 Å². The maximum atomic E-state index is 11.5. The second-order valence-electron chi connectivity index (χ2n) is 5.15. The first-order chi connectivity index (χ1) is 10.9. The first-order valence-corrected chi connectivity index (χ1v) is 8.53. The van der Waals surface area contributed by atoms with Gasteiger partial charge in [-0.25, -0.2) is 0 Å². The first-order valence-electron chi connectivity index (χ1n) is 7.09. The van der Waals surface area contributed by atoms with Gasteiger partial charge in [0.1, 0.15) is 6.61 Å². The van der Waals surface area contributed by atoms with Crippen LogP contribution in [-0.4, -0.2) is 50.2 Å². The monoisotopic (exact) mass is 336 g/mol. The molecule has 0 radical (unpaired) electrons. The van der Waals surface area contributed by atoms with Crippen LogP contribution < -0.4 is 9.46 Å². The molecule has 2 rings (SSSR count). The van der Waals surface area contributed by atoms with Crippen molar-refractivity contribution >= 4 is 10.2 Å². The molecule has 7 nitrogen and oxygen atoms in total. The molecule has 0 bridgehead atoms. The second-order valence-corrected chi connectivity index (χ2v) is 7.12. The van der Waals surface area contributed by atoms with Crippen LogP contribution >= 0.6 is 0 Å². The molecular formula is C15H20N4O3S. The molecule has 0 atom stereocenters. The molecule has 0 unspecified atom stereocenters. The molecule has 0 aliphatic rings. The van der Waals surface area contributed by atoms with E-state index < -0.39 is 10.2 Å². The highest BCUT2D eigenvalue weighted by Gasteiger charge is 2.11. The number of hydrogen-bond donors (Lipinski definition) is 1. The van der Waals surface area contributed by atoms with Gasteiger partial charge in [0.2, 0.25) is 5.88 Å². The quantitative estimate of drug-likeness (QED) is 0.769. The van der Waals surface area contributed by atoms with Crippen molar-refractivity contribution in [3.8, 4) is 17.1 Å². The molecule has 23 heavy (non-hydrogen) atoms. The lowest BCUT2D eigenvalue weighted by atomic mass is 10.1. The summed E-state index contributed by atoms with van der Waals surface area (Å²) < 4.78 is 31.9. The maximum absolute atomic E-state index is 11.5. The van der Waals surface area contributed by atoms with Crippen LogP contribution in [0.4, 0.5) is 0 Å². The Kier molecular flexibility index (Phi) is 5.64. The predicted octanol–water partition coefficient (Wildman–Crippen LogP) is 1.23. The van der Waals surface area contributed by atoms with Crippen molar-refractivity contribution in [1.29, 1.82) is 0 Å². The average Bonchev–Trinajstić information content (AvgIpc) is 2.53. The highest BCUT2D eigenvalue weighted by molar-refractivity contribution is 7.87. The molecule has 0 saturated heterocycles. The van der Waals surface area contributed by atoms with Crippen molar-refractivity contribution in [3.63, 3.8) is 0 Å². The van der Waals surface area contributed by atoms with Crippen LogP contribution in [0.1, 0.15) is 5.56 Å². The van der Waals surface area contributed by atoms with Gasteiger partial charge in [0, 0.05) is 32.3 Å². The zero-order valence-corrected chi connectivity index (χ0v) is 14.2. The third-order valence-corrected chi connectivity index (χ3v) is 4.63. The third kappa shape index (κ3) is 4.98. The SMILES string of the molecule is Cc1ccc(-c2ccc(OCCNS(=O)(=O)N(C)C)nn2)cc1. The van der Waals surface area contributed by atoms with Crippen LogP contribution in [0, 0.1) is 6.92 Å². The van der Waals surface area contributed by atoms with Gasteiger partial charge in [0.05, 0.1) is 5.69 Å². The summed E-state index contributed by atoms with van der Waals surface area (Å²) in [4.78, 5) is 0. The van der Waals surface area contributed by atoms with Crippen LogP contribution in [0.25, 0.3) is 11.3 Å². The van der Waals surface area contributed by atoms with E-state index in [0.717, 1.165) is 15.6 Å². The van der Waals surface area contributed by atoms with Crippen LogP contribution in [0.2, 0.25) is 0 Å². The van der Waals surface area contributed by atoms with E-state index in [1.54, 1.807) is 6.07 Å². The summed E-state index contributed by atoms with van der Waals surface area (Å²) in [6, 6.07) is 11.5. The first kappa shape index (κ1) is 17.3. The molecule has 124 valence electrons. The Morgan fingerprint density at radius 3 is 2.35 bits per heavy atom. The topological polar surface area (TPSA) is 84.4 Å². The van der Waals surface area contributed by atoms with Crippen molar-refractivity contribution in [1.82, 2.24) is 19.2 Å². The molecule has 1 aromatic heterocycles. The molecule has 0 fully saturated rings. The van der Waals surface area contributed by atoms with Crippen LogP contribution in [0.3, 0.4) is 0 Å². The Morgan fingerprint density at radius 1 is 1.09 bits per heavy atom. The minimum absolute atomic E-state index is 0.155. The Morgan fingerprint density at radius 2 is 1.78 bits per heavy atom. The van der Waals surface area contributed by atoms with E-state index in [4.69, 9.17) is 4.74 Å². The summed E-state index contributed by atoms with van der Waals surface area (Å²) in [6.07, 6.45) is 0. The lowest BCUT2D eigenvalue weighted by Gasteiger charge is -2.12. The number of nitrogens with zero attached hydrogens (tertiary/aromatic N) is 3. The fourth-order valence-electron chi connectivity index (χ4n) is 1.73. The molecule has 0 aliphatic heterocycles. The number of aromatic nitrogens is 2. The zero-order valence-electron chi connectivity index (χ0n) is 13.4. The fourth-order valence-corrected chi connectivity index (χ4v) is 2.33. The molecule has 8 heteroatoms. The van der Waals surface area contributed by atoms with Gasteiger partial charge in [0.15, 0.2) is 0 Å². The summed E-state index contributed by atoms with van der Waals surface area (Å²) in [5.41, 5.74) is 2.92. The smallest absolute Gasteiger partial charge is 0.279 e. The van der Waals surface area contributed by atoms with Gasteiger partial charge in [0.25, 0.3) is 10.2 Å². The largest absolute Gasteiger partial charge is 0.475 e. The molecular weight excluding hydrogens is 316 g/mol. The zero-order chi connectivity index (χ0) is 16.9. The van der Waals surface area contributed by atoms with Gasteiger partial charge < -0.3 is 4.74 Å². The minimum Gasteiger partial charge on any atom is -0.475 e. The number of aryl methyl sites for hydroxylation is 1.